The molecule has 24 heavy (non-hydrogen) atoms. The number of halogens is 4. The number of rotatable bonds is 2. The Morgan fingerprint density at radius 2 is 1.92 bits per heavy atom. The van der Waals surface area contributed by atoms with Crippen molar-refractivity contribution < 1.29 is 22.7 Å². The lowest BCUT2D eigenvalue weighted by molar-refractivity contribution is -0.137. The first kappa shape index (κ1) is 16.4. The summed E-state index contributed by atoms with van der Waals surface area (Å²) in [7, 11) is 0. The van der Waals surface area contributed by atoms with E-state index < -0.39 is 17.6 Å². The molecule has 3 rings (SSSR count). The van der Waals surface area contributed by atoms with Gasteiger partial charge in [0.25, 0.3) is 5.91 Å². The van der Waals surface area contributed by atoms with Crippen LogP contribution in [0, 0.1) is 0 Å². The number of carbonyl (C=O) groups excluding carboxylic acids is 1. The first-order valence-electron chi connectivity index (χ1n) is 6.95. The number of fused-ring (bicyclic) bond motifs is 1. The van der Waals surface area contributed by atoms with E-state index in [1.165, 1.54) is 0 Å². The second-order valence-corrected chi connectivity index (χ2v) is 5.55. The molecule has 0 saturated carbocycles. The summed E-state index contributed by atoms with van der Waals surface area (Å²) in [6.07, 6.45) is -2.88. The van der Waals surface area contributed by atoms with Crippen LogP contribution in [-0.4, -0.2) is 12.5 Å². The van der Waals surface area contributed by atoms with Gasteiger partial charge in [-0.2, -0.15) is 13.2 Å². The molecule has 1 aliphatic heterocycles. The third-order valence-corrected chi connectivity index (χ3v) is 3.80. The molecule has 1 aliphatic rings. The Morgan fingerprint density at radius 3 is 2.67 bits per heavy atom. The van der Waals surface area contributed by atoms with Gasteiger partial charge in [0.15, 0.2) is 0 Å². The fourth-order valence-corrected chi connectivity index (χ4v) is 2.41. The number of nitrogens with one attached hydrogen (secondary N) is 1. The van der Waals surface area contributed by atoms with Crippen LogP contribution in [0.5, 0.6) is 5.75 Å². The van der Waals surface area contributed by atoms with E-state index in [0.29, 0.717) is 11.3 Å². The molecule has 3 nitrogen and oxygen atoms in total. The van der Waals surface area contributed by atoms with Gasteiger partial charge in [0.05, 0.1) is 21.8 Å². The van der Waals surface area contributed by atoms with Crippen LogP contribution in [0.15, 0.2) is 48.0 Å². The van der Waals surface area contributed by atoms with Gasteiger partial charge in [-0.1, -0.05) is 29.8 Å². The average Bonchev–Trinajstić information content (AvgIpc) is 2.55. The minimum atomic E-state index is -4.52. The number of alkyl halides is 3. The fraction of sp³-hybridized carbons (Fsp3) is 0.118. The van der Waals surface area contributed by atoms with Crippen molar-refractivity contribution >= 4 is 29.3 Å². The molecule has 0 saturated heterocycles. The van der Waals surface area contributed by atoms with Gasteiger partial charge < -0.3 is 10.1 Å². The van der Waals surface area contributed by atoms with E-state index in [0.717, 1.165) is 23.8 Å². The largest absolute Gasteiger partial charge is 0.488 e. The number of amides is 1. The quantitative estimate of drug-likeness (QED) is 0.844. The summed E-state index contributed by atoms with van der Waals surface area (Å²) in [4.78, 5) is 12.3. The van der Waals surface area contributed by atoms with Gasteiger partial charge in [0.1, 0.15) is 12.4 Å². The molecule has 2 aromatic rings. The van der Waals surface area contributed by atoms with Crippen LogP contribution in [0.1, 0.15) is 11.1 Å². The van der Waals surface area contributed by atoms with Gasteiger partial charge in [-0.05, 0) is 30.3 Å². The van der Waals surface area contributed by atoms with Crippen molar-refractivity contribution in [2.75, 3.05) is 11.9 Å². The number of hydrogen-bond acceptors (Lipinski definition) is 2. The number of benzene rings is 2. The number of para-hydroxylation sites is 1. The molecule has 2 aromatic carbocycles. The summed E-state index contributed by atoms with van der Waals surface area (Å²) >= 11 is 5.88. The lowest BCUT2D eigenvalue weighted by Crippen LogP contribution is -2.21. The average molecular weight is 354 g/mol. The Hall–Kier alpha value is -2.47. The standard InChI is InChI=1S/C17H11ClF3NO2/c18-13-6-5-12(17(19,20)21)8-14(13)22-16(23)11-7-10-3-1-2-4-15(10)24-9-11/h1-8H,9H2,(H,22,23). The normalized spacial score (nSPS) is 13.6. The Bertz CT molecular complexity index is 831. The summed E-state index contributed by atoms with van der Waals surface area (Å²) in [5.74, 6) is 0.0804. The zero-order valence-electron chi connectivity index (χ0n) is 12.2. The van der Waals surface area contributed by atoms with Gasteiger partial charge >= 0.3 is 6.18 Å². The van der Waals surface area contributed by atoms with Crippen molar-refractivity contribution in [3.63, 3.8) is 0 Å². The molecule has 0 unspecified atom stereocenters. The number of hydrogen-bond donors (Lipinski definition) is 1. The molecular weight excluding hydrogens is 343 g/mol. The maximum absolute atomic E-state index is 12.8. The summed E-state index contributed by atoms with van der Waals surface area (Å²) < 4.78 is 43.8. The third kappa shape index (κ3) is 3.38. The molecule has 0 radical (unpaired) electrons. The Labute approximate surface area is 140 Å². The highest BCUT2D eigenvalue weighted by atomic mass is 35.5. The monoisotopic (exact) mass is 353 g/mol. The molecule has 0 spiro atoms. The minimum absolute atomic E-state index is 0.0223. The van der Waals surface area contributed by atoms with Crippen molar-refractivity contribution in [2.45, 2.75) is 6.18 Å². The predicted molar refractivity (Wildman–Crippen MR) is 85.0 cm³/mol. The van der Waals surface area contributed by atoms with Crippen molar-refractivity contribution in [2.24, 2.45) is 0 Å². The zero-order valence-corrected chi connectivity index (χ0v) is 12.9. The van der Waals surface area contributed by atoms with Gasteiger partial charge in [-0.3, -0.25) is 4.79 Å². The smallest absolute Gasteiger partial charge is 0.416 e. The fourth-order valence-electron chi connectivity index (χ4n) is 2.25. The Balaban J connectivity index is 1.85. The predicted octanol–water partition coefficient (Wildman–Crippen LogP) is 4.77. The van der Waals surface area contributed by atoms with Crippen LogP contribution >= 0.6 is 11.6 Å². The minimum Gasteiger partial charge on any atom is -0.488 e. The van der Waals surface area contributed by atoms with Gasteiger partial charge in [-0.15, -0.1) is 0 Å². The highest BCUT2D eigenvalue weighted by Gasteiger charge is 2.31. The van der Waals surface area contributed by atoms with Crippen LogP contribution in [0.3, 0.4) is 0 Å². The van der Waals surface area contributed by atoms with Crippen molar-refractivity contribution in [1.82, 2.24) is 0 Å². The van der Waals surface area contributed by atoms with Crippen LogP contribution in [0.2, 0.25) is 5.02 Å². The van der Waals surface area contributed by atoms with Crippen LogP contribution < -0.4 is 10.1 Å². The topological polar surface area (TPSA) is 38.3 Å². The van der Waals surface area contributed by atoms with E-state index in [1.807, 2.05) is 0 Å². The number of ether oxygens (including phenoxy) is 1. The molecule has 0 atom stereocenters. The van der Waals surface area contributed by atoms with Gasteiger partial charge in [-0.25, -0.2) is 0 Å². The maximum atomic E-state index is 12.8. The lowest BCUT2D eigenvalue weighted by Gasteiger charge is -2.18. The first-order valence-corrected chi connectivity index (χ1v) is 7.33. The van der Waals surface area contributed by atoms with Crippen LogP contribution in [-0.2, 0) is 11.0 Å². The van der Waals surface area contributed by atoms with E-state index in [4.69, 9.17) is 16.3 Å². The van der Waals surface area contributed by atoms with Crippen molar-refractivity contribution in [3.05, 3.63) is 64.2 Å². The maximum Gasteiger partial charge on any atom is 0.416 e. The van der Waals surface area contributed by atoms with Gasteiger partial charge in [0, 0.05) is 5.56 Å². The number of anilines is 1. The third-order valence-electron chi connectivity index (χ3n) is 3.47. The van der Waals surface area contributed by atoms with Crippen LogP contribution in [0.25, 0.3) is 6.08 Å². The molecule has 124 valence electrons. The molecule has 0 fully saturated rings. The summed E-state index contributed by atoms with van der Waals surface area (Å²) in [6.45, 7) is 0.0272. The molecular formula is C17H11ClF3NO2. The van der Waals surface area contributed by atoms with Gasteiger partial charge in [0.2, 0.25) is 0 Å². The summed E-state index contributed by atoms with van der Waals surface area (Å²) in [5.41, 5.74) is 0.0314. The van der Waals surface area contributed by atoms with E-state index in [-0.39, 0.29) is 17.3 Å². The molecule has 7 heteroatoms. The van der Waals surface area contributed by atoms with E-state index >= 15 is 0 Å². The second kappa shape index (κ2) is 6.20. The van der Waals surface area contributed by atoms with E-state index in [9.17, 15) is 18.0 Å². The molecule has 1 amide bonds. The first-order chi connectivity index (χ1) is 11.3. The Morgan fingerprint density at radius 1 is 1.17 bits per heavy atom. The zero-order chi connectivity index (χ0) is 17.3. The van der Waals surface area contributed by atoms with Crippen LogP contribution in [0.4, 0.5) is 18.9 Å². The molecule has 0 bridgehead atoms. The second-order valence-electron chi connectivity index (χ2n) is 5.14. The van der Waals surface area contributed by atoms with E-state index in [1.54, 1.807) is 30.3 Å². The molecule has 0 aromatic heterocycles. The highest BCUT2D eigenvalue weighted by molar-refractivity contribution is 6.34. The SMILES string of the molecule is O=C(Nc1cc(C(F)(F)F)ccc1Cl)C1=Cc2ccccc2OC1. The lowest BCUT2D eigenvalue weighted by atomic mass is 10.1. The molecule has 1 N–H and O–H groups in total. The van der Waals surface area contributed by atoms with Crippen molar-refractivity contribution in [3.8, 4) is 5.75 Å². The highest BCUT2D eigenvalue weighted by Crippen LogP contribution is 2.34. The van der Waals surface area contributed by atoms with Crippen molar-refractivity contribution in [1.29, 1.82) is 0 Å². The summed E-state index contributed by atoms with van der Waals surface area (Å²) in [5, 5.41) is 2.43. The summed E-state index contributed by atoms with van der Waals surface area (Å²) in [6, 6.07) is 9.91. The van der Waals surface area contributed by atoms with E-state index in [2.05, 4.69) is 5.32 Å². The molecule has 0 aliphatic carbocycles. The molecule has 1 heterocycles. The Kier molecular flexibility index (Phi) is 4.24. The number of carbonyl (C=O) groups is 1.